The maximum atomic E-state index is 13.2. The van der Waals surface area contributed by atoms with Gasteiger partial charge in [-0.1, -0.05) is 28.6 Å². The van der Waals surface area contributed by atoms with Crippen LogP contribution in [0.3, 0.4) is 0 Å². The topological polar surface area (TPSA) is 136 Å². The van der Waals surface area contributed by atoms with Crippen molar-refractivity contribution < 1.29 is 22.8 Å². The maximum absolute atomic E-state index is 13.2. The molecular weight excluding hydrogens is 492 g/mol. The second kappa shape index (κ2) is 9.47. The van der Waals surface area contributed by atoms with Crippen molar-refractivity contribution in [1.29, 1.82) is 0 Å². The van der Waals surface area contributed by atoms with E-state index in [9.17, 15) is 13.2 Å². The van der Waals surface area contributed by atoms with E-state index >= 15 is 0 Å². The fraction of sp³-hybridized carbons (Fsp3) is 0.409. The third kappa shape index (κ3) is 5.11. The fourth-order valence-electron chi connectivity index (χ4n) is 3.46. The molecule has 13 heteroatoms. The van der Waals surface area contributed by atoms with Gasteiger partial charge in [-0.05, 0) is 25.0 Å². The van der Waals surface area contributed by atoms with Crippen LogP contribution >= 0.6 is 11.3 Å². The maximum Gasteiger partial charge on any atom is 0.280 e. The molecule has 1 atom stereocenters. The molecule has 0 radical (unpaired) electrons. The number of hydrogen-bond acceptors (Lipinski definition) is 11. The Hall–Kier alpha value is -3.16. The highest BCUT2D eigenvalue weighted by molar-refractivity contribution is 7.92. The average Bonchev–Trinajstić information content (AvgIpc) is 3.44. The van der Waals surface area contributed by atoms with Crippen LogP contribution in [0, 0.1) is 0 Å². The van der Waals surface area contributed by atoms with Gasteiger partial charge in [0, 0.05) is 26.1 Å². The smallest absolute Gasteiger partial charge is 0.280 e. The number of carbonyl (C=O) groups excluding carboxylic acids is 1. The largest absolute Gasteiger partial charge is 0.389 e. The molecule has 3 heterocycles. The van der Waals surface area contributed by atoms with Crippen molar-refractivity contribution >= 4 is 54.2 Å². The molecule has 1 N–H and O–H groups in total. The van der Waals surface area contributed by atoms with Crippen molar-refractivity contribution in [1.82, 2.24) is 15.0 Å². The third-order valence-corrected chi connectivity index (χ3v) is 8.74. The van der Waals surface area contributed by atoms with Crippen molar-refractivity contribution in [3.63, 3.8) is 0 Å². The van der Waals surface area contributed by atoms with E-state index in [4.69, 9.17) is 9.57 Å². The number of aromatic nitrogens is 3. The molecule has 1 aliphatic carbocycles. The summed E-state index contributed by atoms with van der Waals surface area (Å²) in [6, 6.07) is 6.12. The number of nitrogens with one attached hydrogen (secondary N) is 1. The van der Waals surface area contributed by atoms with Gasteiger partial charge < -0.3 is 14.5 Å². The van der Waals surface area contributed by atoms with Crippen molar-refractivity contribution in [2.45, 2.75) is 35.5 Å². The summed E-state index contributed by atoms with van der Waals surface area (Å²) in [4.78, 5) is 34.5. The van der Waals surface area contributed by atoms with Crippen LogP contribution in [-0.2, 0) is 24.2 Å². The summed E-state index contributed by atoms with van der Waals surface area (Å²) in [6.45, 7) is 0.955. The van der Waals surface area contributed by atoms with Crippen molar-refractivity contribution in [2.24, 2.45) is 5.16 Å². The summed E-state index contributed by atoms with van der Waals surface area (Å²) < 4.78 is 30.4. The predicted molar refractivity (Wildman–Crippen MR) is 132 cm³/mol. The summed E-state index contributed by atoms with van der Waals surface area (Å²) in [6.07, 6.45) is 3.37. The number of nitrogens with zero attached hydrogens (tertiary/aromatic N) is 5. The zero-order valence-electron chi connectivity index (χ0n) is 19.2. The van der Waals surface area contributed by atoms with Gasteiger partial charge in [0.1, 0.15) is 5.82 Å². The molecule has 1 saturated heterocycles. The van der Waals surface area contributed by atoms with Gasteiger partial charge in [0.15, 0.2) is 37.3 Å². The van der Waals surface area contributed by atoms with Crippen LogP contribution in [0.1, 0.15) is 24.8 Å². The molecule has 11 nitrogen and oxygen atoms in total. The monoisotopic (exact) mass is 516 g/mol. The van der Waals surface area contributed by atoms with Gasteiger partial charge in [0.25, 0.3) is 5.91 Å². The molecule has 2 fully saturated rings. The molecule has 1 aliphatic heterocycles. The summed E-state index contributed by atoms with van der Waals surface area (Å²) >= 11 is 1.19. The minimum atomic E-state index is -3.34. The van der Waals surface area contributed by atoms with Gasteiger partial charge in [-0.3, -0.25) is 10.1 Å². The van der Waals surface area contributed by atoms with E-state index in [0.29, 0.717) is 59.5 Å². The van der Waals surface area contributed by atoms with Gasteiger partial charge in [0.05, 0.1) is 29.6 Å². The highest BCUT2D eigenvalue weighted by atomic mass is 32.2. The van der Waals surface area contributed by atoms with Crippen molar-refractivity contribution in [3.05, 3.63) is 36.0 Å². The lowest BCUT2D eigenvalue weighted by Crippen LogP contribution is -2.25. The second-order valence-corrected chi connectivity index (χ2v) is 11.7. The van der Waals surface area contributed by atoms with E-state index in [1.165, 1.54) is 23.5 Å². The standard InChI is InChI=1S/C22H24N6O5S2/c1-28(2)17-11-23-19-21(24-17)34-22(25-19)26-20(29)18(27-33-14-9-10-32-12-14)13-3-5-15(6-4-13)35(30,31)16-7-8-16/h3-6,11,14,16H,7-10,12H2,1-2H3,(H,23,25,26,29)/b27-18+/t14-/m1/s1. The van der Waals surface area contributed by atoms with Crippen LogP contribution < -0.4 is 10.2 Å². The highest BCUT2D eigenvalue weighted by Gasteiger charge is 2.36. The first-order valence-electron chi connectivity index (χ1n) is 11.1. The lowest BCUT2D eigenvalue weighted by molar-refractivity contribution is -0.110. The second-order valence-electron chi connectivity index (χ2n) is 8.52. The molecule has 5 rings (SSSR count). The van der Waals surface area contributed by atoms with E-state index < -0.39 is 15.7 Å². The molecule has 2 aromatic heterocycles. The number of carbonyl (C=O) groups is 1. The van der Waals surface area contributed by atoms with Crippen LogP contribution in [0.25, 0.3) is 10.5 Å². The van der Waals surface area contributed by atoms with Crippen LogP contribution in [0.2, 0.25) is 0 Å². The number of benzene rings is 1. The Morgan fingerprint density at radius 1 is 1.20 bits per heavy atom. The van der Waals surface area contributed by atoms with Gasteiger partial charge in [-0.25, -0.2) is 18.4 Å². The van der Waals surface area contributed by atoms with E-state index in [2.05, 4.69) is 25.4 Å². The molecule has 1 saturated carbocycles. The van der Waals surface area contributed by atoms with E-state index in [0.717, 1.165) is 0 Å². The van der Waals surface area contributed by atoms with E-state index in [1.54, 1.807) is 18.3 Å². The minimum absolute atomic E-state index is 0.00132. The molecule has 0 bridgehead atoms. The molecular formula is C22H24N6O5S2. The Kier molecular flexibility index (Phi) is 6.38. The van der Waals surface area contributed by atoms with Crippen molar-refractivity contribution in [3.8, 4) is 0 Å². The number of hydrogen-bond donors (Lipinski definition) is 1. The number of sulfone groups is 1. The summed E-state index contributed by atoms with van der Waals surface area (Å²) in [5.41, 5.74) is 0.841. The Morgan fingerprint density at radius 2 is 1.97 bits per heavy atom. The first-order valence-corrected chi connectivity index (χ1v) is 13.5. The molecule has 3 aromatic rings. The summed E-state index contributed by atoms with van der Waals surface area (Å²) in [5.74, 6) is 0.128. The number of oxime groups is 1. The number of fused-ring (bicyclic) bond motifs is 1. The number of amides is 1. The highest BCUT2D eigenvalue weighted by Crippen LogP contribution is 2.33. The quantitative estimate of drug-likeness (QED) is 0.353. The van der Waals surface area contributed by atoms with Crippen LogP contribution in [0.4, 0.5) is 10.9 Å². The number of rotatable bonds is 8. The van der Waals surface area contributed by atoms with Crippen LogP contribution in [-0.4, -0.2) is 73.7 Å². The fourth-order valence-corrected chi connectivity index (χ4v) is 5.90. The first-order chi connectivity index (χ1) is 16.8. The van der Waals surface area contributed by atoms with Crippen LogP contribution in [0.5, 0.6) is 0 Å². The molecule has 0 spiro atoms. The Balaban J connectivity index is 1.41. The van der Waals surface area contributed by atoms with Gasteiger partial charge in [-0.2, -0.15) is 4.98 Å². The number of anilines is 2. The Bertz CT molecular complexity index is 1380. The summed E-state index contributed by atoms with van der Waals surface area (Å²) in [7, 11) is 0.379. The molecule has 0 unspecified atom stereocenters. The molecule has 1 aromatic carbocycles. The summed E-state index contributed by atoms with van der Waals surface area (Å²) in [5, 5.41) is 6.85. The molecule has 2 aliphatic rings. The first kappa shape index (κ1) is 23.6. The number of thiazole rings is 1. The molecule has 1 amide bonds. The lowest BCUT2D eigenvalue weighted by Gasteiger charge is -2.10. The Labute approximate surface area is 206 Å². The zero-order valence-corrected chi connectivity index (χ0v) is 20.8. The molecule has 184 valence electrons. The predicted octanol–water partition coefficient (Wildman–Crippen LogP) is 2.24. The lowest BCUT2D eigenvalue weighted by atomic mass is 10.1. The van der Waals surface area contributed by atoms with Gasteiger partial charge >= 0.3 is 0 Å². The third-order valence-electron chi connectivity index (χ3n) is 5.60. The molecule has 35 heavy (non-hydrogen) atoms. The van der Waals surface area contributed by atoms with Crippen LogP contribution in [0.15, 0.2) is 40.5 Å². The Morgan fingerprint density at radius 3 is 2.63 bits per heavy atom. The number of ether oxygens (including phenoxy) is 1. The van der Waals surface area contributed by atoms with Gasteiger partial charge in [0.2, 0.25) is 0 Å². The minimum Gasteiger partial charge on any atom is -0.389 e. The van der Waals surface area contributed by atoms with E-state index in [1.807, 2.05) is 19.0 Å². The SMILES string of the molecule is CN(C)c1cnc2nc(NC(=O)/C(=N/O[C@@H]3CCOC3)c3ccc(S(=O)(=O)C4CC4)cc3)sc2n1. The van der Waals surface area contributed by atoms with Gasteiger partial charge in [-0.15, -0.1) is 0 Å². The average molecular weight is 517 g/mol. The van der Waals surface area contributed by atoms with E-state index in [-0.39, 0.29) is 22.0 Å². The zero-order chi connectivity index (χ0) is 24.6. The van der Waals surface area contributed by atoms with Crippen molar-refractivity contribution in [2.75, 3.05) is 37.5 Å². The normalized spacial score (nSPS) is 18.6.